The molecule has 0 fully saturated rings. The Balaban J connectivity index is 3.08. The van der Waals surface area contributed by atoms with E-state index in [0.29, 0.717) is 12.1 Å². The van der Waals surface area contributed by atoms with Gasteiger partial charge in [-0.2, -0.15) is 0 Å². The maximum Gasteiger partial charge on any atom is 0.327 e. The second kappa shape index (κ2) is 4.89. The molecule has 88 valence electrons. The van der Waals surface area contributed by atoms with E-state index in [9.17, 15) is 13.6 Å². The zero-order chi connectivity index (χ0) is 12.3. The van der Waals surface area contributed by atoms with Gasteiger partial charge in [0.15, 0.2) is 0 Å². The van der Waals surface area contributed by atoms with Crippen molar-refractivity contribution in [2.75, 3.05) is 6.61 Å². The zero-order valence-electron chi connectivity index (χ0n) is 8.54. The van der Waals surface area contributed by atoms with Crippen LogP contribution in [0.3, 0.4) is 0 Å². The fourth-order valence-electron chi connectivity index (χ4n) is 1.22. The van der Waals surface area contributed by atoms with Crippen LogP contribution < -0.4 is 5.73 Å². The van der Waals surface area contributed by atoms with Crippen molar-refractivity contribution >= 4 is 5.97 Å². The Kier molecular flexibility index (Phi) is 3.78. The average Bonchev–Trinajstić information content (AvgIpc) is 2.16. The molecule has 0 aliphatic carbocycles. The Bertz CT molecular complexity index is 386. The van der Waals surface area contributed by atoms with Crippen LogP contribution >= 0.6 is 0 Å². The first kappa shape index (κ1) is 12.4. The van der Waals surface area contributed by atoms with Crippen molar-refractivity contribution in [3.05, 3.63) is 29.3 Å². The summed E-state index contributed by atoms with van der Waals surface area (Å²) in [5, 5.41) is 8.91. The van der Waals surface area contributed by atoms with Gasteiger partial charge in [0.05, 0.1) is 12.2 Å². The van der Waals surface area contributed by atoms with E-state index >= 15 is 0 Å². The van der Waals surface area contributed by atoms with Gasteiger partial charge < -0.3 is 15.6 Å². The van der Waals surface area contributed by atoms with E-state index in [0.717, 1.165) is 0 Å². The lowest BCUT2D eigenvalue weighted by Crippen LogP contribution is -2.25. The van der Waals surface area contributed by atoms with E-state index in [1.165, 1.54) is 0 Å². The van der Waals surface area contributed by atoms with Crippen molar-refractivity contribution < 1.29 is 23.4 Å². The predicted octanol–water partition coefficient (Wildman–Crippen LogP) is 1.23. The Morgan fingerprint density at radius 1 is 1.50 bits per heavy atom. The van der Waals surface area contributed by atoms with Crippen LogP contribution in [0.15, 0.2) is 12.1 Å². The number of phenols is 1. The van der Waals surface area contributed by atoms with E-state index in [-0.39, 0.29) is 6.61 Å². The minimum absolute atomic E-state index is 0.0633. The first-order chi connectivity index (χ1) is 7.47. The van der Waals surface area contributed by atoms with Gasteiger partial charge in [-0.15, -0.1) is 0 Å². The Labute approximate surface area is 90.6 Å². The number of ether oxygens (including phenoxy) is 1. The lowest BCUT2D eigenvalue weighted by Gasteiger charge is -2.12. The molecule has 0 radical (unpaired) electrons. The van der Waals surface area contributed by atoms with E-state index in [2.05, 4.69) is 4.74 Å². The molecule has 6 heteroatoms. The number of carbonyl (C=O) groups excluding carboxylic acids is 1. The molecule has 1 rings (SSSR count). The number of halogens is 2. The molecule has 1 aromatic rings. The molecule has 0 bridgehead atoms. The van der Waals surface area contributed by atoms with Crippen LogP contribution in [-0.4, -0.2) is 17.7 Å². The Morgan fingerprint density at radius 2 is 2.00 bits per heavy atom. The molecule has 0 aliphatic rings. The molecule has 1 aromatic carbocycles. The Hall–Kier alpha value is -1.69. The second-order valence-corrected chi connectivity index (χ2v) is 3.05. The highest BCUT2D eigenvalue weighted by atomic mass is 19.1. The lowest BCUT2D eigenvalue weighted by molar-refractivity contribution is -0.145. The smallest absolute Gasteiger partial charge is 0.327 e. The third-order valence-electron chi connectivity index (χ3n) is 1.92. The van der Waals surface area contributed by atoms with Crippen LogP contribution in [-0.2, 0) is 9.53 Å². The third kappa shape index (κ3) is 2.46. The number of rotatable bonds is 3. The van der Waals surface area contributed by atoms with Gasteiger partial charge in [-0.1, -0.05) is 0 Å². The number of carbonyl (C=O) groups is 1. The number of hydrogen-bond donors (Lipinski definition) is 2. The van der Waals surface area contributed by atoms with E-state index in [1.54, 1.807) is 6.92 Å². The van der Waals surface area contributed by atoms with Crippen LogP contribution in [0.4, 0.5) is 8.78 Å². The maximum absolute atomic E-state index is 13.3. The molecule has 0 aliphatic heterocycles. The second-order valence-electron chi connectivity index (χ2n) is 3.05. The first-order valence-corrected chi connectivity index (χ1v) is 4.57. The number of aromatic hydroxyl groups is 1. The van der Waals surface area contributed by atoms with Crippen molar-refractivity contribution in [1.29, 1.82) is 0 Å². The van der Waals surface area contributed by atoms with Crippen molar-refractivity contribution in [2.45, 2.75) is 13.0 Å². The van der Waals surface area contributed by atoms with Gasteiger partial charge in [-0.3, -0.25) is 0 Å². The summed E-state index contributed by atoms with van der Waals surface area (Å²) in [5.41, 5.74) is 4.73. The van der Waals surface area contributed by atoms with Crippen molar-refractivity contribution in [3.63, 3.8) is 0 Å². The van der Waals surface area contributed by atoms with Gasteiger partial charge >= 0.3 is 5.97 Å². The molecule has 0 saturated heterocycles. The number of benzene rings is 1. The van der Waals surface area contributed by atoms with Gasteiger partial charge in [0.25, 0.3) is 0 Å². The molecule has 3 N–H and O–H groups in total. The highest BCUT2D eigenvalue weighted by Crippen LogP contribution is 2.24. The topological polar surface area (TPSA) is 72.5 Å². The molecule has 1 atom stereocenters. The maximum atomic E-state index is 13.3. The zero-order valence-corrected chi connectivity index (χ0v) is 8.54. The first-order valence-electron chi connectivity index (χ1n) is 4.57. The SMILES string of the molecule is CCOC(=O)C(N)c1c(F)cc(O)cc1F. The normalized spacial score (nSPS) is 12.2. The van der Waals surface area contributed by atoms with Gasteiger partial charge in [0.1, 0.15) is 23.4 Å². The molecular weight excluding hydrogens is 220 g/mol. The molecule has 0 amide bonds. The third-order valence-corrected chi connectivity index (χ3v) is 1.92. The van der Waals surface area contributed by atoms with Gasteiger partial charge in [0, 0.05) is 12.1 Å². The molecule has 16 heavy (non-hydrogen) atoms. The largest absolute Gasteiger partial charge is 0.508 e. The summed E-state index contributed by atoms with van der Waals surface area (Å²) in [5.74, 6) is -3.67. The van der Waals surface area contributed by atoms with Crippen molar-refractivity contribution in [3.8, 4) is 5.75 Å². The minimum Gasteiger partial charge on any atom is -0.508 e. The fraction of sp³-hybridized carbons (Fsp3) is 0.300. The lowest BCUT2D eigenvalue weighted by atomic mass is 10.1. The molecule has 1 unspecified atom stereocenters. The van der Waals surface area contributed by atoms with Crippen LogP contribution in [0.1, 0.15) is 18.5 Å². The van der Waals surface area contributed by atoms with E-state index in [1.807, 2.05) is 0 Å². The number of esters is 1. The molecular formula is C10H11F2NO3. The average molecular weight is 231 g/mol. The standard InChI is InChI=1S/C10H11F2NO3/c1-2-16-10(15)9(13)8-6(11)3-5(14)4-7(8)12/h3-4,9,14H,2,13H2,1H3. The summed E-state index contributed by atoms with van der Waals surface area (Å²) in [4.78, 5) is 11.2. The van der Waals surface area contributed by atoms with E-state index < -0.39 is 35.0 Å². The fourth-order valence-corrected chi connectivity index (χ4v) is 1.22. The predicted molar refractivity (Wildman–Crippen MR) is 51.6 cm³/mol. The van der Waals surface area contributed by atoms with Crippen LogP contribution in [0, 0.1) is 11.6 Å². The van der Waals surface area contributed by atoms with Crippen molar-refractivity contribution in [1.82, 2.24) is 0 Å². The quantitative estimate of drug-likeness (QED) is 0.767. The summed E-state index contributed by atoms with van der Waals surface area (Å²) in [7, 11) is 0. The van der Waals surface area contributed by atoms with Gasteiger partial charge in [0.2, 0.25) is 0 Å². The highest BCUT2D eigenvalue weighted by molar-refractivity contribution is 5.77. The molecule has 4 nitrogen and oxygen atoms in total. The number of phenolic OH excluding ortho intramolecular Hbond substituents is 1. The molecule has 0 heterocycles. The molecule has 0 saturated carbocycles. The number of hydrogen-bond acceptors (Lipinski definition) is 4. The van der Waals surface area contributed by atoms with Crippen LogP contribution in [0.2, 0.25) is 0 Å². The highest BCUT2D eigenvalue weighted by Gasteiger charge is 2.25. The summed E-state index contributed by atoms with van der Waals surface area (Å²) in [6.07, 6.45) is 0. The van der Waals surface area contributed by atoms with Gasteiger partial charge in [-0.05, 0) is 6.92 Å². The summed E-state index contributed by atoms with van der Waals surface area (Å²) in [6, 6.07) is -0.185. The summed E-state index contributed by atoms with van der Waals surface area (Å²) in [6.45, 7) is 1.61. The van der Waals surface area contributed by atoms with Crippen LogP contribution in [0.5, 0.6) is 5.75 Å². The molecule has 0 spiro atoms. The van der Waals surface area contributed by atoms with Crippen LogP contribution in [0.25, 0.3) is 0 Å². The molecule has 0 aromatic heterocycles. The minimum atomic E-state index is -1.54. The van der Waals surface area contributed by atoms with Crippen molar-refractivity contribution in [2.24, 2.45) is 5.73 Å². The monoisotopic (exact) mass is 231 g/mol. The number of nitrogens with two attached hydrogens (primary N) is 1. The summed E-state index contributed by atoms with van der Waals surface area (Å²) >= 11 is 0. The summed E-state index contributed by atoms with van der Waals surface area (Å²) < 4.78 is 31.1. The Morgan fingerprint density at radius 3 is 2.44 bits per heavy atom. The van der Waals surface area contributed by atoms with E-state index in [4.69, 9.17) is 10.8 Å². The van der Waals surface area contributed by atoms with Gasteiger partial charge in [-0.25, -0.2) is 13.6 Å².